The second-order valence-corrected chi connectivity index (χ2v) is 6.83. The van der Waals surface area contributed by atoms with Crippen molar-refractivity contribution in [2.45, 2.75) is 25.7 Å². The minimum Gasteiger partial charge on any atom is -0.352 e. The van der Waals surface area contributed by atoms with Crippen molar-refractivity contribution in [3.63, 3.8) is 0 Å². The summed E-state index contributed by atoms with van der Waals surface area (Å²) in [6.45, 7) is 0.749. The number of benzene rings is 1. The largest absolute Gasteiger partial charge is 0.352 e. The van der Waals surface area contributed by atoms with Gasteiger partial charge in [-0.3, -0.25) is 4.79 Å². The number of hydrogen-bond donors (Lipinski definition) is 1. The number of alkyl halides is 1. The van der Waals surface area contributed by atoms with E-state index in [1.165, 1.54) is 23.7 Å². The Hall–Kier alpha value is 0.380. The molecule has 100 valence electrons. The van der Waals surface area contributed by atoms with Crippen LogP contribution in [0.1, 0.15) is 36.0 Å². The Morgan fingerprint density at radius 2 is 1.89 bits per heavy atom. The molecule has 1 rings (SSSR count). The highest BCUT2D eigenvalue weighted by Gasteiger charge is 2.09. The minimum absolute atomic E-state index is 0.0166. The van der Waals surface area contributed by atoms with E-state index in [1.807, 2.05) is 18.2 Å². The molecule has 0 saturated heterocycles. The molecule has 1 amide bonds. The van der Waals surface area contributed by atoms with Crippen molar-refractivity contribution in [2.75, 3.05) is 11.0 Å². The number of nitrogens with one attached hydrogen (secondary N) is 1. The molecule has 0 aliphatic rings. The Morgan fingerprint density at radius 3 is 2.61 bits per heavy atom. The molecule has 1 N–H and O–H groups in total. The van der Waals surface area contributed by atoms with Gasteiger partial charge in [-0.15, -0.1) is 0 Å². The average Bonchev–Trinajstić information content (AvgIpc) is 2.36. The fourth-order valence-corrected chi connectivity index (χ4v) is 2.87. The van der Waals surface area contributed by atoms with E-state index >= 15 is 0 Å². The van der Waals surface area contributed by atoms with Crippen molar-refractivity contribution in [2.24, 2.45) is 0 Å². The number of unbranched alkanes of at least 4 members (excludes halogenated alkanes) is 3. The molecule has 0 aliphatic carbocycles. The van der Waals surface area contributed by atoms with Crippen molar-refractivity contribution >= 4 is 60.4 Å². The zero-order valence-corrected chi connectivity index (χ0v) is 15.3. The van der Waals surface area contributed by atoms with Gasteiger partial charge in [-0.1, -0.05) is 51.4 Å². The molecule has 0 fully saturated rings. The number of amides is 1. The van der Waals surface area contributed by atoms with Crippen LogP contribution in [0.3, 0.4) is 0 Å². The quantitative estimate of drug-likeness (QED) is 0.329. The Kier molecular flexibility index (Phi) is 8.50. The van der Waals surface area contributed by atoms with Crippen molar-refractivity contribution in [3.05, 3.63) is 32.7 Å². The standard InChI is InChI=1S/C13H16Br2INO/c14-10-5-6-12(15)11(9-10)13(18)17-8-4-2-1-3-7-16/h5-6,9H,1-4,7-8H2,(H,17,18). The first-order chi connectivity index (χ1) is 8.65. The van der Waals surface area contributed by atoms with Crippen molar-refractivity contribution in [1.29, 1.82) is 0 Å². The molecule has 0 aliphatic heterocycles. The predicted molar refractivity (Wildman–Crippen MR) is 91.5 cm³/mol. The minimum atomic E-state index is -0.0166. The summed E-state index contributed by atoms with van der Waals surface area (Å²) in [5.41, 5.74) is 0.677. The lowest BCUT2D eigenvalue weighted by atomic mass is 10.2. The molecular weight excluding hydrogens is 473 g/mol. The fraction of sp³-hybridized carbons (Fsp3) is 0.462. The molecule has 0 spiro atoms. The highest BCUT2D eigenvalue weighted by atomic mass is 127. The maximum Gasteiger partial charge on any atom is 0.252 e. The van der Waals surface area contributed by atoms with Gasteiger partial charge in [0.15, 0.2) is 0 Å². The maximum absolute atomic E-state index is 11.9. The number of hydrogen-bond acceptors (Lipinski definition) is 1. The van der Waals surface area contributed by atoms with E-state index in [2.05, 4.69) is 59.8 Å². The van der Waals surface area contributed by atoms with E-state index in [-0.39, 0.29) is 5.91 Å². The number of carbonyl (C=O) groups is 1. The fourth-order valence-electron chi connectivity index (χ4n) is 1.54. The summed E-state index contributed by atoms with van der Waals surface area (Å²) in [5.74, 6) is -0.0166. The predicted octanol–water partition coefficient (Wildman–Crippen LogP) is 4.94. The second kappa shape index (κ2) is 9.31. The molecule has 0 atom stereocenters. The topological polar surface area (TPSA) is 29.1 Å². The first kappa shape index (κ1) is 16.4. The third-order valence-corrected chi connectivity index (χ3v) is 4.47. The highest BCUT2D eigenvalue weighted by Crippen LogP contribution is 2.21. The van der Waals surface area contributed by atoms with Crippen LogP contribution < -0.4 is 5.32 Å². The van der Waals surface area contributed by atoms with E-state index in [9.17, 15) is 4.79 Å². The van der Waals surface area contributed by atoms with Crippen LogP contribution in [0.25, 0.3) is 0 Å². The Morgan fingerprint density at radius 1 is 1.17 bits per heavy atom. The van der Waals surface area contributed by atoms with Crippen LogP contribution in [0.5, 0.6) is 0 Å². The normalized spacial score (nSPS) is 10.4. The lowest BCUT2D eigenvalue weighted by Gasteiger charge is -2.07. The second-order valence-electron chi connectivity index (χ2n) is 3.98. The molecule has 5 heteroatoms. The zero-order valence-electron chi connectivity index (χ0n) is 10.0. The molecule has 18 heavy (non-hydrogen) atoms. The van der Waals surface area contributed by atoms with Gasteiger partial charge < -0.3 is 5.32 Å². The monoisotopic (exact) mass is 487 g/mol. The highest BCUT2D eigenvalue weighted by molar-refractivity contribution is 14.1. The van der Waals surface area contributed by atoms with Gasteiger partial charge in [-0.2, -0.15) is 0 Å². The first-order valence-electron chi connectivity index (χ1n) is 5.94. The van der Waals surface area contributed by atoms with Crippen molar-refractivity contribution in [1.82, 2.24) is 5.32 Å². The van der Waals surface area contributed by atoms with Gasteiger partial charge in [0.1, 0.15) is 0 Å². The number of rotatable bonds is 7. The van der Waals surface area contributed by atoms with Gasteiger partial charge in [-0.25, -0.2) is 0 Å². The van der Waals surface area contributed by atoms with Gasteiger partial charge in [-0.05, 0) is 51.4 Å². The van der Waals surface area contributed by atoms with Gasteiger partial charge in [0.05, 0.1) is 5.56 Å². The Balaban J connectivity index is 2.34. The molecular formula is C13H16Br2INO. The molecule has 0 heterocycles. The van der Waals surface area contributed by atoms with E-state index in [4.69, 9.17) is 0 Å². The molecule has 1 aromatic rings. The van der Waals surface area contributed by atoms with Crippen LogP contribution in [-0.2, 0) is 0 Å². The smallest absolute Gasteiger partial charge is 0.252 e. The van der Waals surface area contributed by atoms with Gasteiger partial charge in [0, 0.05) is 15.5 Å². The van der Waals surface area contributed by atoms with Gasteiger partial charge in [0.25, 0.3) is 5.91 Å². The maximum atomic E-state index is 11.9. The summed E-state index contributed by atoms with van der Waals surface area (Å²) in [4.78, 5) is 11.9. The van der Waals surface area contributed by atoms with E-state index in [0.717, 1.165) is 21.9 Å². The van der Waals surface area contributed by atoms with Crippen LogP contribution in [0, 0.1) is 0 Å². The third kappa shape index (κ3) is 6.02. The van der Waals surface area contributed by atoms with E-state index in [0.29, 0.717) is 5.56 Å². The summed E-state index contributed by atoms with van der Waals surface area (Å²) < 4.78 is 2.96. The summed E-state index contributed by atoms with van der Waals surface area (Å²) in [5, 5.41) is 2.95. The van der Waals surface area contributed by atoms with E-state index < -0.39 is 0 Å². The summed E-state index contributed by atoms with van der Waals surface area (Å²) in [6.07, 6.45) is 4.75. The van der Waals surface area contributed by atoms with Crippen LogP contribution in [-0.4, -0.2) is 16.9 Å². The lowest BCUT2D eigenvalue weighted by molar-refractivity contribution is 0.0952. The summed E-state index contributed by atoms with van der Waals surface area (Å²) in [6, 6.07) is 5.61. The SMILES string of the molecule is O=C(NCCCCCCI)c1cc(Br)ccc1Br. The van der Waals surface area contributed by atoms with Crippen LogP contribution in [0.15, 0.2) is 27.1 Å². The molecule has 1 aromatic carbocycles. The number of halogens is 3. The molecule has 0 radical (unpaired) electrons. The average molecular weight is 489 g/mol. The van der Waals surface area contributed by atoms with Gasteiger partial charge in [0.2, 0.25) is 0 Å². The molecule has 0 saturated carbocycles. The van der Waals surface area contributed by atoms with Crippen LogP contribution in [0.4, 0.5) is 0 Å². The molecule has 0 bridgehead atoms. The zero-order chi connectivity index (χ0) is 13.4. The molecule has 0 unspecified atom stereocenters. The lowest BCUT2D eigenvalue weighted by Crippen LogP contribution is -2.24. The molecule has 0 aromatic heterocycles. The van der Waals surface area contributed by atoms with Crippen molar-refractivity contribution in [3.8, 4) is 0 Å². The third-order valence-electron chi connectivity index (χ3n) is 2.52. The summed E-state index contributed by atoms with van der Waals surface area (Å²) in [7, 11) is 0. The Labute approximate surface area is 139 Å². The molecule has 2 nitrogen and oxygen atoms in total. The summed E-state index contributed by atoms with van der Waals surface area (Å²) >= 11 is 9.16. The number of carbonyl (C=O) groups excluding carboxylic acids is 1. The van der Waals surface area contributed by atoms with Crippen molar-refractivity contribution < 1.29 is 4.79 Å². The van der Waals surface area contributed by atoms with Crippen LogP contribution in [0.2, 0.25) is 0 Å². The van der Waals surface area contributed by atoms with Gasteiger partial charge >= 0.3 is 0 Å². The van der Waals surface area contributed by atoms with E-state index in [1.54, 1.807) is 0 Å². The first-order valence-corrected chi connectivity index (χ1v) is 9.05. The van der Waals surface area contributed by atoms with Crippen LogP contribution >= 0.6 is 54.5 Å². The Bertz CT molecular complexity index is 399.